The molecule has 1 aliphatic heterocycles. The average molecular weight is 349 g/mol. The molecule has 0 radical (unpaired) electrons. The summed E-state index contributed by atoms with van der Waals surface area (Å²) in [6, 6.07) is 6.08. The number of ether oxygens (including phenoxy) is 3. The van der Waals surface area contributed by atoms with Crippen molar-refractivity contribution in [2.45, 2.75) is 64.7 Å². The minimum absolute atomic E-state index is 0.0591. The number of aryl methyl sites for hydroxylation is 1. The maximum absolute atomic E-state index is 12.8. The van der Waals surface area contributed by atoms with E-state index in [1.165, 1.54) is 0 Å². The molecule has 1 aromatic rings. The first-order valence-corrected chi connectivity index (χ1v) is 8.95. The van der Waals surface area contributed by atoms with Gasteiger partial charge < -0.3 is 19.5 Å². The van der Waals surface area contributed by atoms with Crippen molar-refractivity contribution >= 4 is 5.91 Å². The van der Waals surface area contributed by atoms with Gasteiger partial charge in [0.2, 0.25) is 0 Å². The van der Waals surface area contributed by atoms with E-state index in [0.717, 1.165) is 23.3 Å². The Morgan fingerprint density at radius 1 is 1.36 bits per heavy atom. The van der Waals surface area contributed by atoms with Crippen LogP contribution in [0, 0.1) is 6.92 Å². The number of hydrogen-bond donors (Lipinski definition) is 1. The molecule has 140 valence electrons. The molecule has 5 nitrogen and oxygen atoms in total. The van der Waals surface area contributed by atoms with Crippen LogP contribution in [-0.4, -0.2) is 44.0 Å². The molecule has 1 fully saturated rings. The van der Waals surface area contributed by atoms with Gasteiger partial charge in [0.05, 0.1) is 12.6 Å². The number of carbonyl (C=O) groups is 1. The number of hydrogen-bond acceptors (Lipinski definition) is 4. The van der Waals surface area contributed by atoms with E-state index >= 15 is 0 Å². The lowest BCUT2D eigenvalue weighted by Crippen LogP contribution is -2.56. The van der Waals surface area contributed by atoms with E-state index in [2.05, 4.69) is 31.3 Å². The molecule has 1 N–H and O–H groups in total. The van der Waals surface area contributed by atoms with Gasteiger partial charge in [-0.25, -0.2) is 0 Å². The van der Waals surface area contributed by atoms with Crippen LogP contribution < -0.4 is 10.1 Å². The topological polar surface area (TPSA) is 56.8 Å². The highest BCUT2D eigenvalue weighted by atomic mass is 16.5. The van der Waals surface area contributed by atoms with Gasteiger partial charge in [0.25, 0.3) is 5.91 Å². The Hall–Kier alpha value is -1.59. The molecule has 1 heterocycles. The van der Waals surface area contributed by atoms with Gasteiger partial charge in [-0.2, -0.15) is 0 Å². The SMILES string of the molecule is COC1COCCC1NC(=O)C(C)(C)Oc1cc(C)ccc1C(C)C. The Balaban J connectivity index is 2.12. The Bertz CT molecular complexity index is 597. The van der Waals surface area contributed by atoms with Crippen LogP contribution in [0.25, 0.3) is 0 Å². The number of methoxy groups -OCH3 is 1. The molecule has 0 bridgehead atoms. The third kappa shape index (κ3) is 4.95. The normalized spacial score (nSPS) is 21.2. The van der Waals surface area contributed by atoms with Crippen molar-refractivity contribution in [1.82, 2.24) is 5.32 Å². The first kappa shape index (κ1) is 19.7. The standard InChI is InChI=1S/C20H31NO4/c1-13(2)15-8-7-14(3)11-17(15)25-20(4,5)19(22)21-16-9-10-24-12-18(16)23-6/h7-8,11,13,16,18H,9-10,12H2,1-6H3,(H,21,22). The van der Waals surface area contributed by atoms with Crippen molar-refractivity contribution in [3.63, 3.8) is 0 Å². The maximum atomic E-state index is 12.8. The summed E-state index contributed by atoms with van der Waals surface area (Å²) in [6.07, 6.45) is 0.612. The predicted molar refractivity (Wildman–Crippen MR) is 98.1 cm³/mol. The molecule has 1 aliphatic rings. The van der Waals surface area contributed by atoms with Crippen molar-refractivity contribution in [1.29, 1.82) is 0 Å². The van der Waals surface area contributed by atoms with Crippen LogP contribution in [0.1, 0.15) is 51.2 Å². The highest BCUT2D eigenvalue weighted by Crippen LogP contribution is 2.30. The monoisotopic (exact) mass is 349 g/mol. The van der Waals surface area contributed by atoms with Gasteiger partial charge in [0.15, 0.2) is 5.60 Å². The lowest BCUT2D eigenvalue weighted by atomic mass is 9.99. The van der Waals surface area contributed by atoms with Crippen LogP contribution in [0.3, 0.4) is 0 Å². The van der Waals surface area contributed by atoms with Crippen LogP contribution >= 0.6 is 0 Å². The van der Waals surface area contributed by atoms with Gasteiger partial charge in [-0.3, -0.25) is 4.79 Å². The fourth-order valence-electron chi connectivity index (χ4n) is 2.98. The van der Waals surface area contributed by atoms with Gasteiger partial charge in [-0.05, 0) is 50.3 Å². The molecule has 1 saturated heterocycles. The summed E-state index contributed by atoms with van der Waals surface area (Å²) in [5.41, 5.74) is 1.24. The molecule has 2 unspecified atom stereocenters. The second-order valence-corrected chi connectivity index (χ2v) is 7.53. The minimum atomic E-state index is -0.978. The second-order valence-electron chi connectivity index (χ2n) is 7.53. The van der Waals surface area contributed by atoms with Crippen molar-refractivity contribution in [2.24, 2.45) is 0 Å². The molecule has 0 aromatic heterocycles. The Labute approximate surface area is 151 Å². The lowest BCUT2D eigenvalue weighted by molar-refractivity contribution is -0.138. The van der Waals surface area contributed by atoms with E-state index in [1.54, 1.807) is 21.0 Å². The number of rotatable bonds is 6. The summed E-state index contributed by atoms with van der Waals surface area (Å²) in [7, 11) is 1.64. The third-order valence-electron chi connectivity index (χ3n) is 4.63. The van der Waals surface area contributed by atoms with Gasteiger partial charge in [-0.15, -0.1) is 0 Å². The van der Waals surface area contributed by atoms with Gasteiger partial charge >= 0.3 is 0 Å². The highest BCUT2D eigenvalue weighted by molar-refractivity contribution is 5.85. The first-order chi connectivity index (χ1) is 11.7. The van der Waals surface area contributed by atoms with Crippen LogP contribution in [0.15, 0.2) is 18.2 Å². The largest absolute Gasteiger partial charge is 0.478 e. The van der Waals surface area contributed by atoms with Crippen molar-refractivity contribution in [2.75, 3.05) is 20.3 Å². The molecule has 0 aliphatic carbocycles. The van der Waals surface area contributed by atoms with E-state index < -0.39 is 5.60 Å². The van der Waals surface area contributed by atoms with E-state index in [0.29, 0.717) is 19.1 Å². The number of amides is 1. The molecule has 1 amide bonds. The van der Waals surface area contributed by atoms with Crippen molar-refractivity contribution < 1.29 is 19.0 Å². The molecule has 2 atom stereocenters. The van der Waals surface area contributed by atoms with Crippen molar-refractivity contribution in [3.8, 4) is 5.75 Å². The zero-order valence-electron chi connectivity index (χ0n) is 16.2. The Morgan fingerprint density at radius 2 is 2.08 bits per heavy atom. The van der Waals surface area contributed by atoms with Crippen LogP contribution in [0.5, 0.6) is 5.75 Å². The summed E-state index contributed by atoms with van der Waals surface area (Å²) >= 11 is 0. The van der Waals surface area contributed by atoms with Crippen LogP contribution in [-0.2, 0) is 14.3 Å². The average Bonchev–Trinajstić information content (AvgIpc) is 2.54. The molecule has 0 spiro atoms. The molecular weight excluding hydrogens is 318 g/mol. The highest BCUT2D eigenvalue weighted by Gasteiger charge is 2.35. The molecule has 5 heteroatoms. The predicted octanol–water partition coefficient (Wildman–Crippen LogP) is 3.20. The summed E-state index contributed by atoms with van der Waals surface area (Å²) < 4.78 is 17.0. The first-order valence-electron chi connectivity index (χ1n) is 8.95. The summed E-state index contributed by atoms with van der Waals surface area (Å²) in [5.74, 6) is 0.950. The van der Waals surface area contributed by atoms with E-state index in [-0.39, 0.29) is 18.1 Å². The molecule has 25 heavy (non-hydrogen) atoms. The lowest BCUT2D eigenvalue weighted by Gasteiger charge is -2.34. The number of carbonyl (C=O) groups excluding carboxylic acids is 1. The third-order valence-corrected chi connectivity index (χ3v) is 4.63. The van der Waals surface area contributed by atoms with Crippen LogP contribution in [0.2, 0.25) is 0 Å². The number of nitrogens with one attached hydrogen (secondary N) is 1. The zero-order chi connectivity index (χ0) is 18.6. The quantitative estimate of drug-likeness (QED) is 0.857. The summed E-state index contributed by atoms with van der Waals surface area (Å²) in [5, 5.41) is 3.07. The minimum Gasteiger partial charge on any atom is -0.478 e. The second kappa shape index (κ2) is 8.19. The molecule has 0 saturated carbocycles. The summed E-state index contributed by atoms with van der Waals surface area (Å²) in [4.78, 5) is 12.8. The molecular formula is C20H31NO4. The summed E-state index contributed by atoms with van der Waals surface area (Å²) in [6.45, 7) is 11.0. The van der Waals surface area contributed by atoms with Gasteiger partial charge in [0.1, 0.15) is 11.9 Å². The van der Waals surface area contributed by atoms with Crippen LogP contribution in [0.4, 0.5) is 0 Å². The fourth-order valence-corrected chi connectivity index (χ4v) is 2.98. The van der Waals surface area contributed by atoms with E-state index in [9.17, 15) is 4.79 Å². The fraction of sp³-hybridized carbons (Fsp3) is 0.650. The van der Waals surface area contributed by atoms with E-state index in [1.807, 2.05) is 13.0 Å². The Morgan fingerprint density at radius 3 is 2.72 bits per heavy atom. The van der Waals surface area contributed by atoms with Crippen molar-refractivity contribution in [3.05, 3.63) is 29.3 Å². The number of benzene rings is 1. The van der Waals surface area contributed by atoms with Gasteiger partial charge in [0, 0.05) is 13.7 Å². The molecule has 2 rings (SSSR count). The zero-order valence-corrected chi connectivity index (χ0v) is 16.2. The maximum Gasteiger partial charge on any atom is 0.263 e. The van der Waals surface area contributed by atoms with Gasteiger partial charge in [-0.1, -0.05) is 26.0 Å². The van der Waals surface area contributed by atoms with E-state index in [4.69, 9.17) is 14.2 Å². The smallest absolute Gasteiger partial charge is 0.263 e. The Kier molecular flexibility index (Phi) is 6.47. The molecule has 1 aromatic carbocycles.